The maximum absolute atomic E-state index is 13.6. The maximum atomic E-state index is 13.6. The van der Waals surface area contributed by atoms with Gasteiger partial charge in [0.05, 0.1) is 10.6 Å². The fourth-order valence-corrected chi connectivity index (χ4v) is 4.78. The van der Waals surface area contributed by atoms with Crippen molar-refractivity contribution in [1.29, 1.82) is 0 Å². The van der Waals surface area contributed by atoms with Crippen LogP contribution in [0.3, 0.4) is 0 Å². The van der Waals surface area contributed by atoms with Crippen LogP contribution in [0.15, 0.2) is 33.7 Å². The van der Waals surface area contributed by atoms with E-state index in [0.717, 1.165) is 12.5 Å². The monoisotopic (exact) mass is 338 g/mol. The molecule has 2 aliphatic heterocycles. The number of amides is 1. The number of halogens is 1. The molecule has 0 atom stereocenters. The van der Waals surface area contributed by atoms with Gasteiger partial charge in [-0.15, -0.1) is 0 Å². The van der Waals surface area contributed by atoms with E-state index in [-0.39, 0.29) is 15.7 Å². The Morgan fingerprint density at radius 1 is 1.39 bits per heavy atom. The van der Waals surface area contributed by atoms with Gasteiger partial charge in [0.1, 0.15) is 5.82 Å². The normalized spacial score (nSPS) is 18.9. The van der Waals surface area contributed by atoms with E-state index in [0.29, 0.717) is 30.9 Å². The van der Waals surface area contributed by atoms with Crippen molar-refractivity contribution in [1.82, 2.24) is 5.32 Å². The molecule has 23 heavy (non-hydrogen) atoms. The number of nitrogens with zero attached hydrogens (tertiary/aromatic N) is 1. The third-order valence-electron chi connectivity index (χ3n) is 4.03. The smallest absolute Gasteiger partial charge is 0.265 e. The minimum atomic E-state index is -4.02. The third kappa shape index (κ3) is 2.63. The van der Waals surface area contributed by atoms with E-state index in [4.69, 9.17) is 0 Å². The second kappa shape index (κ2) is 5.63. The van der Waals surface area contributed by atoms with Crippen LogP contribution < -0.4 is 10.2 Å². The zero-order chi connectivity index (χ0) is 16.8. The summed E-state index contributed by atoms with van der Waals surface area (Å²) >= 11 is 0. The lowest BCUT2D eigenvalue weighted by Gasteiger charge is -2.30. The summed E-state index contributed by atoms with van der Waals surface area (Å²) in [5.41, 5.74) is 0.977. The molecule has 1 aromatic rings. The number of sulfone groups is 1. The lowest BCUT2D eigenvalue weighted by atomic mass is 10.2. The number of hydrogen-bond donors (Lipinski definition) is 1. The highest BCUT2D eigenvalue weighted by Gasteiger charge is 2.41. The molecule has 0 bridgehead atoms. The summed E-state index contributed by atoms with van der Waals surface area (Å²) < 4.78 is 39.3. The van der Waals surface area contributed by atoms with Gasteiger partial charge in [-0.1, -0.05) is 13.8 Å². The van der Waals surface area contributed by atoms with E-state index in [1.807, 2.05) is 18.7 Å². The molecule has 0 saturated carbocycles. The summed E-state index contributed by atoms with van der Waals surface area (Å²) in [7, 11) is -4.02. The molecule has 3 rings (SSSR count). The predicted molar refractivity (Wildman–Crippen MR) is 85.0 cm³/mol. The number of carbonyl (C=O) groups excluding carboxylic acids is 1. The van der Waals surface area contributed by atoms with Gasteiger partial charge in [-0.3, -0.25) is 4.79 Å². The first-order valence-corrected chi connectivity index (χ1v) is 9.14. The van der Waals surface area contributed by atoms with Crippen LogP contribution in [0, 0.1) is 11.7 Å². The van der Waals surface area contributed by atoms with E-state index < -0.39 is 21.6 Å². The average molecular weight is 338 g/mol. The maximum Gasteiger partial charge on any atom is 0.265 e. The zero-order valence-electron chi connectivity index (χ0n) is 13.1. The van der Waals surface area contributed by atoms with Gasteiger partial charge < -0.3 is 10.2 Å². The van der Waals surface area contributed by atoms with Gasteiger partial charge in [0, 0.05) is 18.8 Å². The largest absolute Gasteiger partial charge is 0.351 e. The number of allylic oxidation sites excluding steroid dienone is 1. The summed E-state index contributed by atoms with van der Waals surface area (Å²) in [5, 5.41) is 2.67. The number of fused-ring (bicyclic) bond motifs is 3. The van der Waals surface area contributed by atoms with Crippen molar-refractivity contribution in [2.75, 3.05) is 18.0 Å². The number of nitrogens with one attached hydrogen (secondary N) is 1. The Balaban J connectivity index is 2.13. The summed E-state index contributed by atoms with van der Waals surface area (Å²) in [6.07, 6.45) is 1.29. The Morgan fingerprint density at radius 2 is 2.13 bits per heavy atom. The fourth-order valence-electron chi connectivity index (χ4n) is 3.00. The SMILES string of the molecule is CC(C)CNC(=O)C1=C2CCCN2c2ccc(F)cc2S1(=O)=O. The van der Waals surface area contributed by atoms with Crippen molar-refractivity contribution >= 4 is 21.4 Å². The summed E-state index contributed by atoms with van der Waals surface area (Å²) in [5.74, 6) is -1.02. The topological polar surface area (TPSA) is 66.5 Å². The Labute approximate surface area is 135 Å². The summed E-state index contributed by atoms with van der Waals surface area (Å²) in [6, 6.07) is 3.71. The standard InChI is InChI=1S/C16H19FN2O3S/c1-10(2)9-18-16(20)15-13-4-3-7-19(13)12-6-5-11(17)8-14(12)23(15,21)22/h5-6,8,10H,3-4,7,9H2,1-2H3,(H,18,20). The predicted octanol–water partition coefficient (Wildman–Crippen LogP) is 2.20. The highest BCUT2D eigenvalue weighted by atomic mass is 32.2. The van der Waals surface area contributed by atoms with Crippen LogP contribution in [0.25, 0.3) is 0 Å². The molecule has 7 heteroatoms. The third-order valence-corrected chi connectivity index (χ3v) is 5.90. The number of benzene rings is 1. The number of rotatable bonds is 3. The summed E-state index contributed by atoms with van der Waals surface area (Å²) in [4.78, 5) is 14.0. The van der Waals surface area contributed by atoms with Gasteiger partial charge >= 0.3 is 0 Å². The van der Waals surface area contributed by atoms with Gasteiger partial charge in [0.25, 0.3) is 5.91 Å². The van der Waals surface area contributed by atoms with Crippen LogP contribution in [-0.4, -0.2) is 27.4 Å². The van der Waals surface area contributed by atoms with E-state index in [1.54, 1.807) is 0 Å². The van der Waals surface area contributed by atoms with Gasteiger partial charge in [-0.25, -0.2) is 12.8 Å². The molecule has 0 radical (unpaired) electrons. The number of carbonyl (C=O) groups is 1. The first-order valence-electron chi connectivity index (χ1n) is 7.66. The van der Waals surface area contributed by atoms with Crippen LogP contribution in [0.5, 0.6) is 0 Å². The van der Waals surface area contributed by atoms with Crippen molar-refractivity contribution in [2.45, 2.75) is 31.6 Å². The van der Waals surface area contributed by atoms with Crippen LogP contribution in [-0.2, 0) is 14.6 Å². The summed E-state index contributed by atoms with van der Waals surface area (Å²) in [6.45, 7) is 4.88. The quantitative estimate of drug-likeness (QED) is 0.917. The second-order valence-corrected chi connectivity index (χ2v) is 8.11. The van der Waals surface area contributed by atoms with Gasteiger partial charge in [-0.05, 0) is 37.0 Å². The van der Waals surface area contributed by atoms with E-state index >= 15 is 0 Å². The minimum absolute atomic E-state index is 0.127. The molecule has 0 aliphatic carbocycles. The van der Waals surface area contributed by atoms with Crippen LogP contribution in [0.1, 0.15) is 26.7 Å². The van der Waals surface area contributed by atoms with Gasteiger partial charge in [0.15, 0.2) is 4.91 Å². The molecule has 2 aliphatic rings. The Kier molecular flexibility index (Phi) is 3.91. The molecular weight excluding hydrogens is 319 g/mol. The molecule has 0 unspecified atom stereocenters. The van der Waals surface area contributed by atoms with E-state index in [1.165, 1.54) is 12.1 Å². The Morgan fingerprint density at radius 3 is 2.83 bits per heavy atom. The zero-order valence-corrected chi connectivity index (χ0v) is 13.9. The molecule has 1 fully saturated rings. The van der Waals surface area contributed by atoms with Gasteiger partial charge in [0.2, 0.25) is 9.84 Å². The van der Waals surface area contributed by atoms with E-state index in [2.05, 4.69) is 5.32 Å². The molecule has 5 nitrogen and oxygen atoms in total. The first kappa shape index (κ1) is 16.0. The lowest BCUT2D eigenvalue weighted by molar-refractivity contribution is -0.117. The number of hydrogen-bond acceptors (Lipinski definition) is 4. The molecule has 1 N–H and O–H groups in total. The van der Waals surface area contributed by atoms with Crippen LogP contribution in [0.4, 0.5) is 10.1 Å². The lowest BCUT2D eigenvalue weighted by Crippen LogP contribution is -2.37. The highest BCUT2D eigenvalue weighted by molar-refractivity contribution is 7.96. The molecule has 1 aromatic carbocycles. The van der Waals surface area contributed by atoms with Crippen LogP contribution in [0.2, 0.25) is 0 Å². The average Bonchev–Trinajstić information content (AvgIpc) is 2.93. The molecular formula is C16H19FN2O3S. The first-order chi connectivity index (χ1) is 10.8. The van der Waals surface area contributed by atoms with Crippen molar-refractivity contribution < 1.29 is 17.6 Å². The second-order valence-electron chi connectivity index (χ2n) is 6.25. The minimum Gasteiger partial charge on any atom is -0.351 e. The van der Waals surface area contributed by atoms with E-state index in [9.17, 15) is 17.6 Å². The van der Waals surface area contributed by atoms with Crippen LogP contribution >= 0.6 is 0 Å². The molecule has 124 valence electrons. The van der Waals surface area contributed by atoms with Crippen molar-refractivity contribution in [2.24, 2.45) is 5.92 Å². The van der Waals surface area contributed by atoms with Crippen molar-refractivity contribution in [3.8, 4) is 0 Å². The van der Waals surface area contributed by atoms with Crippen molar-refractivity contribution in [3.05, 3.63) is 34.6 Å². The number of anilines is 1. The molecule has 1 amide bonds. The molecule has 0 spiro atoms. The van der Waals surface area contributed by atoms with Gasteiger partial charge in [-0.2, -0.15) is 0 Å². The van der Waals surface area contributed by atoms with Crippen molar-refractivity contribution in [3.63, 3.8) is 0 Å². The molecule has 2 heterocycles. The fraction of sp³-hybridized carbons (Fsp3) is 0.438. The highest BCUT2D eigenvalue weighted by Crippen LogP contribution is 2.43. The molecule has 0 aromatic heterocycles. The Bertz CT molecular complexity index is 800. The Hall–Kier alpha value is -1.89. The molecule has 1 saturated heterocycles.